The standard InChI is InChI=1S/C7H9FO3S/c1-2-11-7(10)5-12-4-6(8)3-9/h3-4H,2,5H2,1H3/b6-4-. The minimum absolute atomic E-state index is 0.0229. The fourth-order valence-electron chi connectivity index (χ4n) is 0.420. The van der Waals surface area contributed by atoms with Crippen molar-refractivity contribution in [3.05, 3.63) is 11.2 Å². The van der Waals surface area contributed by atoms with Crippen LogP contribution in [-0.4, -0.2) is 24.6 Å². The van der Waals surface area contributed by atoms with E-state index >= 15 is 0 Å². The molecule has 0 aliphatic heterocycles. The average molecular weight is 192 g/mol. The van der Waals surface area contributed by atoms with E-state index in [9.17, 15) is 14.0 Å². The highest BCUT2D eigenvalue weighted by atomic mass is 32.2. The summed E-state index contributed by atoms with van der Waals surface area (Å²) in [5.74, 6) is -1.28. The molecule has 0 rings (SSSR count). The van der Waals surface area contributed by atoms with Crippen LogP contribution in [0.3, 0.4) is 0 Å². The summed E-state index contributed by atoms with van der Waals surface area (Å²) in [6.07, 6.45) is 0.0815. The Kier molecular flexibility index (Phi) is 6.37. The molecule has 0 aliphatic carbocycles. The van der Waals surface area contributed by atoms with Gasteiger partial charge in [0.1, 0.15) is 0 Å². The first-order valence-electron chi connectivity index (χ1n) is 3.28. The van der Waals surface area contributed by atoms with E-state index in [0.717, 1.165) is 17.2 Å². The molecule has 0 radical (unpaired) electrons. The van der Waals surface area contributed by atoms with Crippen LogP contribution >= 0.6 is 11.8 Å². The van der Waals surface area contributed by atoms with Crippen LogP contribution in [0.1, 0.15) is 6.92 Å². The van der Waals surface area contributed by atoms with E-state index in [4.69, 9.17) is 0 Å². The predicted molar refractivity (Wildman–Crippen MR) is 44.3 cm³/mol. The number of ether oxygens (including phenoxy) is 1. The minimum atomic E-state index is -0.885. The van der Waals surface area contributed by atoms with E-state index in [1.54, 1.807) is 6.92 Å². The second kappa shape index (κ2) is 6.84. The van der Waals surface area contributed by atoms with Crippen molar-refractivity contribution in [3.8, 4) is 0 Å². The maximum Gasteiger partial charge on any atom is 0.316 e. The lowest BCUT2D eigenvalue weighted by atomic mass is 10.7. The summed E-state index contributed by atoms with van der Waals surface area (Å²) in [4.78, 5) is 20.4. The van der Waals surface area contributed by atoms with E-state index in [-0.39, 0.29) is 12.0 Å². The van der Waals surface area contributed by atoms with Crippen molar-refractivity contribution in [2.45, 2.75) is 6.92 Å². The Hall–Kier alpha value is -0.840. The van der Waals surface area contributed by atoms with Crippen molar-refractivity contribution in [1.29, 1.82) is 0 Å². The molecule has 0 saturated heterocycles. The van der Waals surface area contributed by atoms with Gasteiger partial charge in [0.15, 0.2) is 12.1 Å². The number of hydrogen-bond donors (Lipinski definition) is 0. The Morgan fingerprint density at radius 1 is 1.67 bits per heavy atom. The zero-order chi connectivity index (χ0) is 9.40. The number of aldehydes is 1. The molecule has 0 unspecified atom stereocenters. The number of rotatable bonds is 5. The van der Waals surface area contributed by atoms with Gasteiger partial charge < -0.3 is 4.74 Å². The molecule has 0 saturated carbocycles. The van der Waals surface area contributed by atoms with Crippen molar-refractivity contribution >= 4 is 24.0 Å². The van der Waals surface area contributed by atoms with Gasteiger partial charge in [0.25, 0.3) is 0 Å². The molecule has 0 fully saturated rings. The number of halogens is 1. The normalized spacial score (nSPS) is 11.0. The number of allylic oxidation sites excluding steroid dienone is 1. The van der Waals surface area contributed by atoms with Crippen molar-refractivity contribution < 1.29 is 18.7 Å². The third kappa shape index (κ3) is 5.91. The third-order valence-corrected chi connectivity index (χ3v) is 1.61. The molecular weight excluding hydrogens is 183 g/mol. The van der Waals surface area contributed by atoms with Crippen molar-refractivity contribution in [2.24, 2.45) is 0 Å². The average Bonchev–Trinajstić information content (AvgIpc) is 2.04. The molecule has 0 spiro atoms. The van der Waals surface area contributed by atoms with Crippen LogP contribution in [0, 0.1) is 0 Å². The SMILES string of the molecule is CCOC(=O)CS/C=C(\F)C=O. The van der Waals surface area contributed by atoms with Crippen LogP contribution in [0.5, 0.6) is 0 Å². The smallest absolute Gasteiger partial charge is 0.316 e. The van der Waals surface area contributed by atoms with Crippen LogP contribution in [0.25, 0.3) is 0 Å². The second-order valence-corrected chi connectivity index (χ2v) is 2.59. The van der Waals surface area contributed by atoms with Crippen LogP contribution in [-0.2, 0) is 14.3 Å². The van der Waals surface area contributed by atoms with Crippen molar-refractivity contribution in [2.75, 3.05) is 12.4 Å². The van der Waals surface area contributed by atoms with Gasteiger partial charge in [0, 0.05) is 5.41 Å². The molecule has 0 bridgehead atoms. The summed E-state index contributed by atoms with van der Waals surface area (Å²) >= 11 is 0.891. The molecule has 3 nitrogen and oxygen atoms in total. The maximum atomic E-state index is 12.1. The molecule has 0 aliphatic rings. The van der Waals surface area contributed by atoms with E-state index in [0.29, 0.717) is 6.61 Å². The summed E-state index contributed by atoms with van der Waals surface area (Å²) < 4.78 is 16.6. The van der Waals surface area contributed by atoms with Crippen LogP contribution in [0.2, 0.25) is 0 Å². The van der Waals surface area contributed by atoms with Crippen LogP contribution < -0.4 is 0 Å². The molecule has 0 amide bonds. The number of carbonyl (C=O) groups excluding carboxylic acids is 2. The molecule has 0 aromatic rings. The van der Waals surface area contributed by atoms with Gasteiger partial charge in [-0.25, -0.2) is 4.39 Å². The van der Waals surface area contributed by atoms with Gasteiger partial charge in [-0.2, -0.15) is 0 Å². The third-order valence-electron chi connectivity index (χ3n) is 0.815. The van der Waals surface area contributed by atoms with Gasteiger partial charge in [-0.05, 0) is 6.92 Å². The Morgan fingerprint density at radius 2 is 2.33 bits per heavy atom. The summed E-state index contributed by atoms with van der Waals surface area (Å²) in [6, 6.07) is 0. The first-order valence-corrected chi connectivity index (χ1v) is 4.33. The van der Waals surface area contributed by atoms with Gasteiger partial charge >= 0.3 is 5.97 Å². The molecule has 5 heteroatoms. The largest absolute Gasteiger partial charge is 0.465 e. The van der Waals surface area contributed by atoms with Gasteiger partial charge in [0.2, 0.25) is 0 Å². The summed E-state index contributed by atoms with van der Waals surface area (Å²) in [6.45, 7) is 1.99. The second-order valence-electron chi connectivity index (χ2n) is 1.74. The highest BCUT2D eigenvalue weighted by Crippen LogP contribution is 2.06. The highest BCUT2D eigenvalue weighted by molar-refractivity contribution is 8.02. The van der Waals surface area contributed by atoms with E-state index < -0.39 is 11.8 Å². The van der Waals surface area contributed by atoms with Crippen LogP contribution in [0.4, 0.5) is 4.39 Å². The van der Waals surface area contributed by atoms with E-state index in [1.807, 2.05) is 0 Å². The molecule has 0 aromatic heterocycles. The fraction of sp³-hybridized carbons (Fsp3) is 0.429. The molecule has 0 atom stereocenters. The molecule has 68 valence electrons. The lowest BCUT2D eigenvalue weighted by Crippen LogP contribution is -2.05. The zero-order valence-electron chi connectivity index (χ0n) is 6.58. The van der Waals surface area contributed by atoms with Crippen LogP contribution in [0.15, 0.2) is 11.2 Å². The predicted octanol–water partition coefficient (Wildman–Crippen LogP) is 1.29. The lowest BCUT2D eigenvalue weighted by molar-refractivity contribution is -0.139. The number of carbonyl (C=O) groups is 2. The molecule has 12 heavy (non-hydrogen) atoms. The van der Waals surface area contributed by atoms with Crippen molar-refractivity contribution in [1.82, 2.24) is 0 Å². The van der Waals surface area contributed by atoms with Gasteiger partial charge in [-0.3, -0.25) is 9.59 Å². The van der Waals surface area contributed by atoms with Gasteiger partial charge in [-0.1, -0.05) is 0 Å². The molecule has 0 heterocycles. The fourth-order valence-corrected chi connectivity index (χ4v) is 0.937. The zero-order valence-corrected chi connectivity index (χ0v) is 7.40. The number of esters is 1. The molecule has 0 N–H and O–H groups in total. The Morgan fingerprint density at radius 3 is 2.83 bits per heavy atom. The minimum Gasteiger partial charge on any atom is -0.465 e. The lowest BCUT2D eigenvalue weighted by Gasteiger charge is -1.97. The summed E-state index contributed by atoms with van der Waals surface area (Å²) in [5.41, 5.74) is 0. The van der Waals surface area contributed by atoms with E-state index in [2.05, 4.69) is 4.74 Å². The van der Waals surface area contributed by atoms with Crippen molar-refractivity contribution in [3.63, 3.8) is 0 Å². The monoisotopic (exact) mass is 192 g/mol. The highest BCUT2D eigenvalue weighted by Gasteiger charge is 1.99. The van der Waals surface area contributed by atoms with Gasteiger partial charge in [0.05, 0.1) is 12.4 Å². The molecular formula is C7H9FO3S. The Labute approximate surface area is 74.0 Å². The topological polar surface area (TPSA) is 43.4 Å². The number of thioether (sulfide) groups is 1. The summed E-state index contributed by atoms with van der Waals surface area (Å²) in [7, 11) is 0. The summed E-state index contributed by atoms with van der Waals surface area (Å²) in [5, 5.41) is 0.976. The van der Waals surface area contributed by atoms with Gasteiger partial charge in [-0.15, -0.1) is 11.8 Å². The number of hydrogen-bond acceptors (Lipinski definition) is 4. The first-order chi connectivity index (χ1) is 5.70. The Bertz CT molecular complexity index is 191. The quantitative estimate of drug-likeness (QED) is 0.374. The maximum absolute atomic E-state index is 12.1. The Balaban J connectivity index is 3.55. The molecule has 0 aromatic carbocycles. The van der Waals surface area contributed by atoms with E-state index in [1.165, 1.54) is 0 Å². The first kappa shape index (κ1) is 11.2.